The summed E-state index contributed by atoms with van der Waals surface area (Å²) in [5.41, 5.74) is 0. The topological polar surface area (TPSA) is 94.1 Å². The zero-order valence-electron chi connectivity index (χ0n) is 24.4. The Hall–Kier alpha value is -0.760. The van der Waals surface area contributed by atoms with E-state index in [1.54, 1.807) is 0 Å². The predicted molar refractivity (Wildman–Crippen MR) is 148 cm³/mol. The van der Waals surface area contributed by atoms with Crippen LogP contribution in [0.15, 0.2) is 12.2 Å². The van der Waals surface area contributed by atoms with Gasteiger partial charge in [0.2, 0.25) is 0 Å². The molecular formula is C28H56NO7P. The lowest BCUT2D eigenvalue weighted by atomic mass is 10.1. The van der Waals surface area contributed by atoms with E-state index in [0.29, 0.717) is 24.1 Å². The molecule has 0 aliphatic heterocycles. The van der Waals surface area contributed by atoms with Crippen LogP contribution in [0.3, 0.4) is 0 Å². The van der Waals surface area contributed by atoms with Crippen molar-refractivity contribution in [2.45, 2.75) is 110 Å². The zero-order valence-corrected chi connectivity index (χ0v) is 25.3. The van der Waals surface area contributed by atoms with Crippen LogP contribution in [0.5, 0.6) is 0 Å². The number of quaternary nitrogens is 1. The average Bonchev–Trinajstić information content (AvgIpc) is 2.81. The minimum atomic E-state index is -4.49. The van der Waals surface area contributed by atoms with Gasteiger partial charge in [-0.3, -0.25) is 9.36 Å². The number of phosphoric acid groups is 1. The Labute approximate surface area is 227 Å². The number of carbonyl (C=O) groups excluding carboxylic acids is 1. The van der Waals surface area contributed by atoms with Crippen LogP contribution in [0.2, 0.25) is 0 Å². The third-order valence-corrected chi connectivity index (χ3v) is 6.78. The van der Waals surface area contributed by atoms with Crippen LogP contribution in [0.1, 0.15) is 104 Å². The number of nitrogens with zero attached hydrogens (tertiary/aromatic N) is 1. The van der Waals surface area contributed by atoms with Crippen molar-refractivity contribution in [2.75, 3.05) is 54.1 Å². The summed E-state index contributed by atoms with van der Waals surface area (Å²) in [7, 11) is 1.35. The summed E-state index contributed by atoms with van der Waals surface area (Å²) >= 11 is 0. The fraction of sp³-hybridized carbons (Fsp3) is 0.893. The molecule has 0 fully saturated rings. The maximum atomic E-state index is 12.2. The van der Waals surface area contributed by atoms with E-state index in [4.69, 9.17) is 18.5 Å². The summed E-state index contributed by atoms with van der Waals surface area (Å²) in [6.07, 6.45) is 18.6. The summed E-state index contributed by atoms with van der Waals surface area (Å²) in [6, 6.07) is 0. The first kappa shape index (κ1) is 36.2. The highest BCUT2D eigenvalue weighted by atomic mass is 31.2. The van der Waals surface area contributed by atoms with E-state index in [1.165, 1.54) is 51.4 Å². The lowest BCUT2D eigenvalue weighted by molar-refractivity contribution is -0.870. The van der Waals surface area contributed by atoms with Crippen molar-refractivity contribution in [3.63, 3.8) is 0 Å². The number of esters is 1. The molecule has 0 aliphatic rings. The third kappa shape index (κ3) is 26.6. The number of unbranched alkanes of at least 4 members (excludes halogenated alkanes) is 10. The van der Waals surface area contributed by atoms with Crippen molar-refractivity contribution >= 4 is 13.8 Å². The Morgan fingerprint density at radius 3 is 2.08 bits per heavy atom. The molecule has 9 heteroatoms. The number of allylic oxidation sites excluding steroid dienone is 2. The predicted octanol–water partition coefficient (Wildman–Crippen LogP) is 6.18. The molecule has 0 aromatic rings. The van der Waals surface area contributed by atoms with Gasteiger partial charge >= 0.3 is 5.97 Å². The fourth-order valence-corrected chi connectivity index (χ4v) is 4.19. The average molecular weight is 550 g/mol. The Kier molecular flexibility index (Phi) is 22.7. The van der Waals surface area contributed by atoms with Crippen molar-refractivity contribution in [1.82, 2.24) is 0 Å². The highest BCUT2D eigenvalue weighted by Crippen LogP contribution is 2.38. The molecule has 220 valence electrons. The molecule has 0 spiro atoms. The number of carbonyl (C=O) groups is 1. The molecule has 2 unspecified atom stereocenters. The van der Waals surface area contributed by atoms with Gasteiger partial charge in [0.05, 0.1) is 34.4 Å². The second-order valence-electron chi connectivity index (χ2n) is 10.8. The minimum absolute atomic E-state index is 0.0257. The lowest BCUT2D eigenvalue weighted by Crippen LogP contribution is -2.37. The van der Waals surface area contributed by atoms with Gasteiger partial charge in [-0.15, -0.1) is 0 Å². The number of hydrogen-bond donors (Lipinski definition) is 0. The Morgan fingerprint density at radius 1 is 0.811 bits per heavy atom. The first-order valence-electron chi connectivity index (χ1n) is 14.4. The Bertz CT molecular complexity index is 622. The second kappa shape index (κ2) is 23.2. The molecule has 0 saturated heterocycles. The Morgan fingerprint density at radius 2 is 1.43 bits per heavy atom. The second-order valence-corrected chi connectivity index (χ2v) is 12.2. The van der Waals surface area contributed by atoms with E-state index in [-0.39, 0.29) is 25.8 Å². The van der Waals surface area contributed by atoms with Crippen molar-refractivity contribution < 1.29 is 37.3 Å². The Balaban J connectivity index is 4.22. The van der Waals surface area contributed by atoms with Crippen LogP contribution in [0.4, 0.5) is 0 Å². The maximum absolute atomic E-state index is 12.2. The van der Waals surface area contributed by atoms with E-state index < -0.39 is 13.9 Å². The highest BCUT2D eigenvalue weighted by molar-refractivity contribution is 7.45. The largest absolute Gasteiger partial charge is 0.756 e. The van der Waals surface area contributed by atoms with Gasteiger partial charge in [-0.2, -0.15) is 0 Å². The van der Waals surface area contributed by atoms with E-state index in [0.717, 1.165) is 32.1 Å². The van der Waals surface area contributed by atoms with Crippen LogP contribution >= 0.6 is 7.82 Å². The monoisotopic (exact) mass is 549 g/mol. The molecule has 2 atom stereocenters. The summed E-state index contributed by atoms with van der Waals surface area (Å²) in [4.78, 5) is 24.3. The van der Waals surface area contributed by atoms with E-state index in [1.807, 2.05) is 21.1 Å². The standard InChI is InChI=1S/C28H56NO7P/c1-6-8-10-11-12-13-14-15-16-17-18-20-23-33-25-27(36-28(30)21-19-9-7-2)26-35-37(31,32)34-24-22-29(3,4)5/h11-12,27H,6-10,13-26H2,1-5H3/b12-11-. The van der Waals surface area contributed by atoms with Crippen molar-refractivity contribution in [3.05, 3.63) is 12.2 Å². The normalized spacial score (nSPS) is 14.6. The van der Waals surface area contributed by atoms with Crippen molar-refractivity contribution in [1.29, 1.82) is 0 Å². The lowest BCUT2D eigenvalue weighted by Gasteiger charge is -2.28. The molecule has 0 N–H and O–H groups in total. The van der Waals surface area contributed by atoms with E-state index >= 15 is 0 Å². The summed E-state index contributed by atoms with van der Waals surface area (Å²) in [5.74, 6) is -0.363. The van der Waals surface area contributed by atoms with E-state index in [2.05, 4.69) is 26.0 Å². The van der Waals surface area contributed by atoms with Crippen LogP contribution < -0.4 is 4.89 Å². The number of rotatable bonds is 26. The van der Waals surface area contributed by atoms with Gasteiger partial charge < -0.3 is 27.9 Å². The fourth-order valence-electron chi connectivity index (χ4n) is 3.46. The summed E-state index contributed by atoms with van der Waals surface area (Å²) < 4.78 is 33.8. The highest BCUT2D eigenvalue weighted by Gasteiger charge is 2.20. The van der Waals surface area contributed by atoms with Gasteiger partial charge in [0, 0.05) is 13.0 Å². The van der Waals surface area contributed by atoms with Gasteiger partial charge in [0.15, 0.2) is 0 Å². The summed E-state index contributed by atoms with van der Waals surface area (Å²) in [6.45, 7) is 5.16. The van der Waals surface area contributed by atoms with Gasteiger partial charge in [-0.1, -0.05) is 77.4 Å². The number of hydrogen-bond acceptors (Lipinski definition) is 7. The molecule has 0 heterocycles. The maximum Gasteiger partial charge on any atom is 0.306 e. The summed E-state index contributed by atoms with van der Waals surface area (Å²) in [5, 5.41) is 0. The molecule has 0 bridgehead atoms. The molecule has 0 aromatic heterocycles. The first-order chi connectivity index (χ1) is 17.6. The van der Waals surface area contributed by atoms with Crippen molar-refractivity contribution in [2.24, 2.45) is 0 Å². The SMILES string of the molecule is CCCC/C=C\CCCCCCCCOCC(COP(=O)([O-])OCC[N+](C)(C)C)OC(=O)CCCCC. The first-order valence-corrected chi connectivity index (χ1v) is 15.9. The minimum Gasteiger partial charge on any atom is -0.756 e. The number of phosphoric ester groups is 1. The zero-order chi connectivity index (χ0) is 27.8. The number of ether oxygens (including phenoxy) is 2. The van der Waals surface area contributed by atoms with Crippen molar-refractivity contribution in [3.8, 4) is 0 Å². The molecule has 0 saturated carbocycles. The van der Waals surface area contributed by atoms with E-state index in [9.17, 15) is 14.3 Å². The van der Waals surface area contributed by atoms with Gasteiger partial charge in [-0.25, -0.2) is 0 Å². The van der Waals surface area contributed by atoms with Crippen LogP contribution in [0, 0.1) is 0 Å². The molecule has 8 nitrogen and oxygen atoms in total. The third-order valence-electron chi connectivity index (χ3n) is 5.82. The van der Waals surface area contributed by atoms with Gasteiger partial charge in [-0.05, 0) is 32.1 Å². The van der Waals surface area contributed by atoms with Crippen LogP contribution in [0.25, 0.3) is 0 Å². The molecule has 37 heavy (non-hydrogen) atoms. The molecule has 0 radical (unpaired) electrons. The van der Waals surface area contributed by atoms with Crippen LogP contribution in [-0.4, -0.2) is 70.7 Å². The van der Waals surface area contributed by atoms with Crippen LogP contribution in [-0.2, 0) is 27.9 Å². The number of likely N-dealkylation sites (N-methyl/N-ethyl adjacent to an activating group) is 1. The van der Waals surface area contributed by atoms with Gasteiger partial charge in [0.1, 0.15) is 19.3 Å². The molecule has 0 rings (SSSR count). The molecule has 0 aliphatic carbocycles. The quantitative estimate of drug-likeness (QED) is 0.0418. The molecular weight excluding hydrogens is 493 g/mol. The molecule has 0 amide bonds. The van der Waals surface area contributed by atoms with Gasteiger partial charge in [0.25, 0.3) is 7.82 Å². The molecule has 0 aromatic carbocycles. The smallest absolute Gasteiger partial charge is 0.306 e.